The SMILES string of the molecule is CC(OC(=O)c1ccc(Br)o1)C(=O)Nc1ccccc1. The number of furan rings is 1. The van der Waals surface area contributed by atoms with Gasteiger partial charge in [0.05, 0.1) is 0 Å². The van der Waals surface area contributed by atoms with Crippen LogP contribution in [0.1, 0.15) is 17.5 Å². The Morgan fingerprint density at radius 3 is 2.50 bits per heavy atom. The molecule has 2 rings (SSSR count). The molecule has 0 aliphatic carbocycles. The molecule has 1 aromatic carbocycles. The van der Waals surface area contributed by atoms with E-state index >= 15 is 0 Å². The molecule has 0 fully saturated rings. The third-order valence-corrected chi connectivity index (χ3v) is 2.89. The second-order valence-electron chi connectivity index (χ2n) is 4.01. The van der Waals surface area contributed by atoms with Crippen LogP contribution >= 0.6 is 15.9 Å². The molecular weight excluding hydrogens is 326 g/mol. The van der Waals surface area contributed by atoms with E-state index in [4.69, 9.17) is 9.15 Å². The highest BCUT2D eigenvalue weighted by atomic mass is 79.9. The molecule has 0 saturated carbocycles. The molecule has 0 aliphatic heterocycles. The molecule has 104 valence electrons. The van der Waals surface area contributed by atoms with Gasteiger partial charge in [0.25, 0.3) is 5.91 Å². The number of ether oxygens (including phenoxy) is 1. The molecule has 1 atom stereocenters. The Morgan fingerprint density at radius 1 is 1.20 bits per heavy atom. The van der Waals surface area contributed by atoms with E-state index in [0.717, 1.165) is 0 Å². The first-order chi connectivity index (χ1) is 9.56. The second-order valence-corrected chi connectivity index (χ2v) is 4.79. The number of carbonyl (C=O) groups is 2. The average Bonchev–Trinajstić information content (AvgIpc) is 2.86. The normalized spacial score (nSPS) is 11.7. The quantitative estimate of drug-likeness (QED) is 0.869. The van der Waals surface area contributed by atoms with Crippen LogP contribution in [0.5, 0.6) is 0 Å². The number of rotatable bonds is 4. The van der Waals surface area contributed by atoms with Crippen LogP contribution in [0.25, 0.3) is 0 Å². The lowest BCUT2D eigenvalue weighted by Crippen LogP contribution is -2.29. The largest absolute Gasteiger partial charge is 0.447 e. The van der Waals surface area contributed by atoms with Crippen molar-refractivity contribution in [2.45, 2.75) is 13.0 Å². The van der Waals surface area contributed by atoms with Gasteiger partial charge in [-0.2, -0.15) is 0 Å². The van der Waals surface area contributed by atoms with Crippen molar-refractivity contribution in [1.82, 2.24) is 0 Å². The summed E-state index contributed by atoms with van der Waals surface area (Å²) in [6.45, 7) is 1.49. The molecule has 1 amide bonds. The molecule has 0 saturated heterocycles. The monoisotopic (exact) mass is 337 g/mol. The zero-order chi connectivity index (χ0) is 14.5. The van der Waals surface area contributed by atoms with Gasteiger partial charge in [-0.15, -0.1) is 0 Å². The molecule has 1 aromatic heterocycles. The summed E-state index contributed by atoms with van der Waals surface area (Å²) in [5.74, 6) is -1.06. The third kappa shape index (κ3) is 3.71. The molecule has 0 spiro atoms. The van der Waals surface area contributed by atoms with Crippen LogP contribution in [0, 0.1) is 0 Å². The standard InChI is InChI=1S/C14H12BrNO4/c1-9(13(17)16-10-5-3-2-4-6-10)19-14(18)11-7-8-12(15)20-11/h2-9H,1H3,(H,16,17). The number of para-hydroxylation sites is 1. The maximum atomic E-state index is 11.9. The number of nitrogens with one attached hydrogen (secondary N) is 1. The number of hydrogen-bond acceptors (Lipinski definition) is 4. The summed E-state index contributed by atoms with van der Waals surface area (Å²) >= 11 is 3.09. The Balaban J connectivity index is 1.93. The zero-order valence-corrected chi connectivity index (χ0v) is 12.2. The molecule has 2 aromatic rings. The average molecular weight is 338 g/mol. The highest BCUT2D eigenvalue weighted by Crippen LogP contribution is 2.15. The molecule has 0 aliphatic rings. The van der Waals surface area contributed by atoms with Crippen molar-refractivity contribution in [3.8, 4) is 0 Å². The summed E-state index contributed by atoms with van der Waals surface area (Å²) < 4.78 is 10.5. The van der Waals surface area contributed by atoms with Crippen LogP contribution in [0.3, 0.4) is 0 Å². The topological polar surface area (TPSA) is 68.5 Å². The van der Waals surface area contributed by atoms with Gasteiger partial charge < -0.3 is 14.5 Å². The molecular formula is C14H12BrNO4. The van der Waals surface area contributed by atoms with Crippen molar-refractivity contribution in [2.75, 3.05) is 5.32 Å². The Bertz CT molecular complexity index is 609. The summed E-state index contributed by atoms with van der Waals surface area (Å²) in [4.78, 5) is 23.6. The third-order valence-electron chi connectivity index (χ3n) is 2.47. The van der Waals surface area contributed by atoms with Gasteiger partial charge in [-0.3, -0.25) is 4.79 Å². The van der Waals surface area contributed by atoms with Gasteiger partial charge in [-0.25, -0.2) is 4.79 Å². The second kappa shape index (κ2) is 6.38. The van der Waals surface area contributed by atoms with Crippen molar-refractivity contribution < 1.29 is 18.7 Å². The van der Waals surface area contributed by atoms with Gasteiger partial charge in [0.2, 0.25) is 5.76 Å². The van der Waals surface area contributed by atoms with E-state index < -0.39 is 18.0 Å². The molecule has 20 heavy (non-hydrogen) atoms. The van der Waals surface area contributed by atoms with E-state index in [1.807, 2.05) is 6.07 Å². The molecule has 0 radical (unpaired) electrons. The van der Waals surface area contributed by atoms with Gasteiger partial charge >= 0.3 is 5.97 Å². The van der Waals surface area contributed by atoms with E-state index in [1.165, 1.54) is 13.0 Å². The molecule has 5 nitrogen and oxygen atoms in total. The van der Waals surface area contributed by atoms with Crippen LogP contribution < -0.4 is 5.32 Å². The van der Waals surface area contributed by atoms with Gasteiger partial charge in [-0.05, 0) is 47.1 Å². The number of carbonyl (C=O) groups excluding carboxylic acids is 2. The van der Waals surface area contributed by atoms with Crippen LogP contribution in [0.15, 0.2) is 51.6 Å². The summed E-state index contributed by atoms with van der Waals surface area (Å²) in [6, 6.07) is 12.0. The first-order valence-corrected chi connectivity index (χ1v) is 6.68. The predicted molar refractivity (Wildman–Crippen MR) is 76.4 cm³/mol. The van der Waals surface area contributed by atoms with E-state index in [9.17, 15) is 9.59 Å². The number of halogens is 1. The minimum atomic E-state index is -0.924. The lowest BCUT2D eigenvalue weighted by atomic mass is 10.3. The van der Waals surface area contributed by atoms with Crippen LogP contribution in [0.2, 0.25) is 0 Å². The number of anilines is 1. The first-order valence-electron chi connectivity index (χ1n) is 5.88. The molecule has 6 heteroatoms. The van der Waals surface area contributed by atoms with E-state index in [0.29, 0.717) is 10.4 Å². The summed E-state index contributed by atoms with van der Waals surface area (Å²) in [5.41, 5.74) is 0.640. The molecule has 1 N–H and O–H groups in total. The highest BCUT2D eigenvalue weighted by molar-refractivity contribution is 9.10. The molecule has 1 unspecified atom stereocenters. The maximum absolute atomic E-state index is 11.9. The Labute approximate surface area is 124 Å². The van der Waals surface area contributed by atoms with Crippen molar-refractivity contribution in [1.29, 1.82) is 0 Å². The first kappa shape index (κ1) is 14.3. The maximum Gasteiger partial charge on any atom is 0.375 e. The fraction of sp³-hybridized carbons (Fsp3) is 0.143. The Hall–Kier alpha value is -2.08. The number of amides is 1. The summed E-state index contributed by atoms with van der Waals surface area (Å²) in [6.07, 6.45) is -0.924. The number of esters is 1. The van der Waals surface area contributed by atoms with Crippen LogP contribution in [-0.2, 0) is 9.53 Å². The van der Waals surface area contributed by atoms with Crippen molar-refractivity contribution >= 4 is 33.5 Å². The zero-order valence-electron chi connectivity index (χ0n) is 10.6. The van der Waals surface area contributed by atoms with Crippen LogP contribution in [-0.4, -0.2) is 18.0 Å². The van der Waals surface area contributed by atoms with Gasteiger partial charge in [-0.1, -0.05) is 18.2 Å². The Morgan fingerprint density at radius 2 is 1.90 bits per heavy atom. The number of hydrogen-bond donors (Lipinski definition) is 1. The van der Waals surface area contributed by atoms with Crippen molar-refractivity contribution in [3.05, 3.63) is 52.9 Å². The van der Waals surface area contributed by atoms with Gasteiger partial charge in [0, 0.05) is 5.69 Å². The van der Waals surface area contributed by atoms with Gasteiger partial charge in [0.1, 0.15) is 0 Å². The fourth-order valence-corrected chi connectivity index (χ4v) is 1.77. The predicted octanol–water partition coefficient (Wildman–Crippen LogP) is 3.23. The highest BCUT2D eigenvalue weighted by Gasteiger charge is 2.21. The summed E-state index contributed by atoms with van der Waals surface area (Å²) in [7, 11) is 0. The molecule has 1 heterocycles. The minimum Gasteiger partial charge on any atom is -0.447 e. The summed E-state index contributed by atoms with van der Waals surface area (Å²) in [5, 5.41) is 2.65. The lowest BCUT2D eigenvalue weighted by molar-refractivity contribution is -0.123. The van der Waals surface area contributed by atoms with Crippen LogP contribution in [0.4, 0.5) is 5.69 Å². The molecule has 0 bridgehead atoms. The van der Waals surface area contributed by atoms with E-state index in [-0.39, 0.29) is 5.76 Å². The minimum absolute atomic E-state index is 0.0382. The lowest BCUT2D eigenvalue weighted by Gasteiger charge is -2.12. The number of benzene rings is 1. The van der Waals surface area contributed by atoms with Gasteiger partial charge in [0.15, 0.2) is 10.8 Å². The van der Waals surface area contributed by atoms with Crippen molar-refractivity contribution in [2.24, 2.45) is 0 Å². The van der Waals surface area contributed by atoms with E-state index in [1.54, 1.807) is 30.3 Å². The Kier molecular flexibility index (Phi) is 4.57. The van der Waals surface area contributed by atoms with E-state index in [2.05, 4.69) is 21.2 Å². The smallest absolute Gasteiger partial charge is 0.375 e. The van der Waals surface area contributed by atoms with Crippen molar-refractivity contribution in [3.63, 3.8) is 0 Å². The fourth-order valence-electron chi connectivity index (χ4n) is 1.46.